The Labute approximate surface area is 192 Å². The molecule has 2 aliphatic rings. The third-order valence-electron chi connectivity index (χ3n) is 5.72. The number of carbonyl (C=O) groups is 3. The molecule has 3 atom stereocenters. The molecule has 2 saturated heterocycles. The summed E-state index contributed by atoms with van der Waals surface area (Å²) >= 11 is 0. The van der Waals surface area contributed by atoms with Crippen LogP contribution >= 0.6 is 0 Å². The number of rotatable bonds is 8. The highest BCUT2D eigenvalue weighted by Crippen LogP contribution is 2.26. The highest BCUT2D eigenvalue weighted by atomic mass is 16.6. The van der Waals surface area contributed by atoms with E-state index in [9.17, 15) is 14.4 Å². The van der Waals surface area contributed by atoms with Gasteiger partial charge in [-0.05, 0) is 24.3 Å². The summed E-state index contributed by atoms with van der Waals surface area (Å²) < 4.78 is 16.2. The number of ether oxygens (including phenoxy) is 3. The SMILES string of the molecule is O=C(CC(C(=O)Oc1ccccc1)C(C1COC(=O)N1)N1CCNCC1)Oc1ccccc1. The van der Waals surface area contributed by atoms with Gasteiger partial charge >= 0.3 is 18.0 Å². The van der Waals surface area contributed by atoms with Crippen molar-refractivity contribution in [3.8, 4) is 11.5 Å². The van der Waals surface area contributed by atoms with Crippen molar-refractivity contribution in [1.29, 1.82) is 0 Å². The van der Waals surface area contributed by atoms with Crippen molar-refractivity contribution < 1.29 is 28.6 Å². The molecule has 2 fully saturated rings. The van der Waals surface area contributed by atoms with Gasteiger partial charge in [0.1, 0.15) is 18.1 Å². The zero-order chi connectivity index (χ0) is 23.0. The van der Waals surface area contributed by atoms with Gasteiger partial charge in [0.05, 0.1) is 18.4 Å². The van der Waals surface area contributed by atoms with Crippen LogP contribution < -0.4 is 20.1 Å². The Bertz CT molecular complexity index is 949. The molecule has 2 N–H and O–H groups in total. The second-order valence-electron chi connectivity index (χ2n) is 7.96. The maximum atomic E-state index is 13.4. The van der Waals surface area contributed by atoms with Gasteiger partial charge in [-0.15, -0.1) is 0 Å². The number of nitrogens with zero attached hydrogens (tertiary/aromatic N) is 1. The van der Waals surface area contributed by atoms with E-state index in [0.29, 0.717) is 24.6 Å². The summed E-state index contributed by atoms with van der Waals surface area (Å²) in [6, 6.07) is 16.4. The molecule has 0 radical (unpaired) electrons. The van der Waals surface area contributed by atoms with Crippen LogP contribution in [-0.4, -0.2) is 67.8 Å². The molecule has 2 heterocycles. The number of nitrogens with one attached hydrogen (secondary N) is 2. The lowest BCUT2D eigenvalue weighted by Gasteiger charge is -2.40. The zero-order valence-electron chi connectivity index (χ0n) is 18.1. The Morgan fingerprint density at radius 3 is 2.15 bits per heavy atom. The van der Waals surface area contributed by atoms with Crippen LogP contribution in [-0.2, 0) is 14.3 Å². The minimum Gasteiger partial charge on any atom is -0.447 e. The van der Waals surface area contributed by atoms with Crippen LogP contribution in [0.25, 0.3) is 0 Å². The Kier molecular flexibility index (Phi) is 7.54. The van der Waals surface area contributed by atoms with E-state index in [0.717, 1.165) is 13.1 Å². The van der Waals surface area contributed by atoms with Gasteiger partial charge in [-0.3, -0.25) is 14.5 Å². The monoisotopic (exact) mass is 453 g/mol. The average Bonchev–Trinajstić information content (AvgIpc) is 3.26. The fourth-order valence-electron chi connectivity index (χ4n) is 4.22. The number of carbonyl (C=O) groups excluding carboxylic acids is 3. The third kappa shape index (κ3) is 6.09. The molecule has 0 aliphatic carbocycles. The minimum absolute atomic E-state index is 0.107. The lowest BCUT2D eigenvalue weighted by molar-refractivity contribution is -0.148. The smallest absolute Gasteiger partial charge is 0.407 e. The molecule has 4 rings (SSSR count). The normalized spacial score (nSPS) is 20.2. The molecule has 174 valence electrons. The van der Waals surface area contributed by atoms with Gasteiger partial charge in [-0.2, -0.15) is 0 Å². The maximum Gasteiger partial charge on any atom is 0.407 e. The molecule has 2 aromatic carbocycles. The Morgan fingerprint density at radius 2 is 1.58 bits per heavy atom. The van der Waals surface area contributed by atoms with Gasteiger partial charge in [0, 0.05) is 32.2 Å². The summed E-state index contributed by atoms with van der Waals surface area (Å²) in [7, 11) is 0. The molecule has 33 heavy (non-hydrogen) atoms. The summed E-state index contributed by atoms with van der Waals surface area (Å²) in [5.41, 5.74) is 0. The molecule has 2 aromatic rings. The van der Waals surface area contributed by atoms with Crippen LogP contribution in [0.4, 0.5) is 4.79 Å². The number of alkyl carbamates (subject to hydrolysis) is 1. The summed E-state index contributed by atoms with van der Waals surface area (Å²) in [6.45, 7) is 2.87. The predicted molar refractivity (Wildman–Crippen MR) is 119 cm³/mol. The standard InChI is InChI=1S/C24H27N3O6/c28-21(32-17-7-3-1-4-8-17)15-19(23(29)33-18-9-5-2-6-10-18)22(20-16-31-24(30)26-20)27-13-11-25-12-14-27/h1-10,19-20,22,25H,11-16H2,(H,26,30). The largest absolute Gasteiger partial charge is 0.447 e. The van der Waals surface area contributed by atoms with Gasteiger partial charge in [-0.25, -0.2) is 4.79 Å². The molecule has 1 amide bonds. The third-order valence-corrected chi connectivity index (χ3v) is 5.72. The zero-order valence-corrected chi connectivity index (χ0v) is 18.1. The first kappa shape index (κ1) is 22.8. The van der Waals surface area contributed by atoms with Crippen LogP contribution in [0.15, 0.2) is 60.7 Å². The molecule has 9 heteroatoms. The van der Waals surface area contributed by atoms with E-state index in [1.165, 1.54) is 0 Å². The number of para-hydroxylation sites is 2. The number of esters is 2. The van der Waals surface area contributed by atoms with Crippen LogP contribution in [0.1, 0.15) is 6.42 Å². The summed E-state index contributed by atoms with van der Waals surface area (Å²) in [5.74, 6) is -1.22. The first-order valence-corrected chi connectivity index (χ1v) is 11.0. The van der Waals surface area contributed by atoms with Crippen LogP contribution in [0.3, 0.4) is 0 Å². The van der Waals surface area contributed by atoms with Crippen molar-refractivity contribution in [2.75, 3.05) is 32.8 Å². The van der Waals surface area contributed by atoms with Crippen molar-refractivity contribution in [2.24, 2.45) is 5.92 Å². The molecule has 3 unspecified atom stereocenters. The van der Waals surface area contributed by atoms with E-state index in [-0.39, 0.29) is 13.0 Å². The van der Waals surface area contributed by atoms with Crippen molar-refractivity contribution >= 4 is 18.0 Å². The minimum atomic E-state index is -0.883. The quantitative estimate of drug-likeness (QED) is 0.459. The fourth-order valence-corrected chi connectivity index (χ4v) is 4.22. The second kappa shape index (κ2) is 10.9. The molecule has 0 aromatic heterocycles. The molecular formula is C24H27N3O6. The Morgan fingerprint density at radius 1 is 0.970 bits per heavy atom. The molecule has 0 spiro atoms. The maximum absolute atomic E-state index is 13.4. The topological polar surface area (TPSA) is 106 Å². The van der Waals surface area contributed by atoms with E-state index < -0.39 is 36.0 Å². The lowest BCUT2D eigenvalue weighted by atomic mass is 9.88. The van der Waals surface area contributed by atoms with E-state index in [1.54, 1.807) is 48.5 Å². The fraction of sp³-hybridized carbons (Fsp3) is 0.375. The van der Waals surface area contributed by atoms with Crippen molar-refractivity contribution in [3.05, 3.63) is 60.7 Å². The first-order valence-electron chi connectivity index (χ1n) is 11.0. The van der Waals surface area contributed by atoms with Gasteiger partial charge in [-0.1, -0.05) is 36.4 Å². The number of cyclic esters (lactones) is 1. The van der Waals surface area contributed by atoms with Crippen LogP contribution in [0, 0.1) is 5.92 Å². The van der Waals surface area contributed by atoms with Crippen LogP contribution in [0.2, 0.25) is 0 Å². The number of piperazine rings is 1. The average molecular weight is 453 g/mol. The molecular weight excluding hydrogens is 426 g/mol. The number of amides is 1. The number of hydrogen-bond acceptors (Lipinski definition) is 8. The highest BCUT2D eigenvalue weighted by Gasteiger charge is 2.44. The van der Waals surface area contributed by atoms with Crippen LogP contribution in [0.5, 0.6) is 11.5 Å². The van der Waals surface area contributed by atoms with Gasteiger partial charge in [0.2, 0.25) is 0 Å². The lowest BCUT2D eigenvalue weighted by Crippen LogP contribution is -2.60. The van der Waals surface area contributed by atoms with Crippen molar-refractivity contribution in [3.63, 3.8) is 0 Å². The van der Waals surface area contributed by atoms with E-state index >= 15 is 0 Å². The number of benzene rings is 2. The van der Waals surface area contributed by atoms with Crippen molar-refractivity contribution in [2.45, 2.75) is 18.5 Å². The van der Waals surface area contributed by atoms with Crippen molar-refractivity contribution in [1.82, 2.24) is 15.5 Å². The summed E-state index contributed by atoms with van der Waals surface area (Å²) in [4.78, 5) is 40.2. The summed E-state index contributed by atoms with van der Waals surface area (Å²) in [5, 5.41) is 6.07. The van der Waals surface area contributed by atoms with Gasteiger partial charge in [0.25, 0.3) is 0 Å². The molecule has 2 aliphatic heterocycles. The Balaban J connectivity index is 1.59. The van der Waals surface area contributed by atoms with E-state index in [2.05, 4.69) is 15.5 Å². The Hall–Kier alpha value is -3.43. The first-order chi connectivity index (χ1) is 16.1. The van der Waals surface area contributed by atoms with Gasteiger partial charge in [0.15, 0.2) is 0 Å². The van der Waals surface area contributed by atoms with E-state index in [1.807, 2.05) is 12.1 Å². The molecule has 9 nitrogen and oxygen atoms in total. The van der Waals surface area contributed by atoms with Gasteiger partial charge < -0.3 is 24.8 Å². The number of hydrogen-bond donors (Lipinski definition) is 2. The second-order valence-corrected chi connectivity index (χ2v) is 7.96. The molecule has 0 saturated carbocycles. The summed E-state index contributed by atoms with van der Waals surface area (Å²) in [6.07, 6.45) is -0.746. The predicted octanol–water partition coefficient (Wildman–Crippen LogP) is 1.59. The molecule has 0 bridgehead atoms. The highest BCUT2D eigenvalue weighted by molar-refractivity contribution is 5.83. The van der Waals surface area contributed by atoms with E-state index in [4.69, 9.17) is 14.2 Å².